The first-order valence-electron chi connectivity index (χ1n) is 9.44. The second kappa shape index (κ2) is 10.4. The van der Waals surface area contributed by atoms with Gasteiger partial charge >= 0.3 is 5.97 Å². The van der Waals surface area contributed by atoms with Crippen molar-refractivity contribution in [2.45, 2.75) is 32.7 Å². The molecular formula is C20H25N3O6. The molecule has 0 spiro atoms. The average Bonchev–Trinajstić information content (AvgIpc) is 2.67. The molecule has 9 nitrogen and oxygen atoms in total. The monoisotopic (exact) mass is 403 g/mol. The predicted molar refractivity (Wildman–Crippen MR) is 106 cm³/mol. The van der Waals surface area contributed by atoms with Crippen LogP contribution in [0, 0.1) is 16.0 Å². The molecule has 2 rings (SSSR count). The third-order valence-electron chi connectivity index (χ3n) is 4.43. The van der Waals surface area contributed by atoms with Gasteiger partial charge in [0.15, 0.2) is 0 Å². The van der Waals surface area contributed by atoms with Gasteiger partial charge in [-0.05, 0) is 24.0 Å². The Hall–Kier alpha value is -3.23. The fourth-order valence-corrected chi connectivity index (χ4v) is 2.81. The first-order valence-corrected chi connectivity index (χ1v) is 9.44. The predicted octanol–water partition coefficient (Wildman–Crippen LogP) is 1.91. The Balaban J connectivity index is 2.04. The Morgan fingerprint density at radius 1 is 1.41 bits per heavy atom. The molecule has 0 bridgehead atoms. The number of carbonyl (C=O) groups is 3. The van der Waals surface area contributed by atoms with Crippen molar-refractivity contribution in [2.24, 2.45) is 5.92 Å². The number of nitro benzene ring substituents is 1. The largest absolute Gasteiger partial charge is 0.466 e. The van der Waals surface area contributed by atoms with Crippen LogP contribution in [0.1, 0.15) is 32.3 Å². The number of benzene rings is 1. The highest BCUT2D eigenvalue weighted by Crippen LogP contribution is 2.16. The summed E-state index contributed by atoms with van der Waals surface area (Å²) in [6, 6.07) is 4.90. The van der Waals surface area contributed by atoms with Gasteiger partial charge in [0.05, 0.1) is 18.0 Å². The van der Waals surface area contributed by atoms with Gasteiger partial charge in [-0.3, -0.25) is 24.5 Å². The lowest BCUT2D eigenvalue weighted by Gasteiger charge is -2.33. The van der Waals surface area contributed by atoms with E-state index in [1.54, 1.807) is 6.07 Å². The standard InChI is InChI=1S/C20H25N3O6/c1-14(2)8-11-29-19(25)13-17-20(26)21-9-10-22(17)18(24)7-6-15-4-3-5-16(12-15)23(27)28/h3-7,12,14,17H,8-11,13H2,1-2H3,(H,21,26)/b7-6+. The van der Waals surface area contributed by atoms with Crippen molar-refractivity contribution in [3.05, 3.63) is 46.0 Å². The normalized spacial score (nSPS) is 16.7. The molecule has 1 saturated heterocycles. The Labute approximate surface area is 168 Å². The molecule has 1 unspecified atom stereocenters. The molecule has 1 fully saturated rings. The first kappa shape index (κ1) is 22.1. The smallest absolute Gasteiger partial charge is 0.308 e. The lowest BCUT2D eigenvalue weighted by atomic mass is 10.1. The molecule has 0 saturated carbocycles. The molecule has 0 aliphatic carbocycles. The number of non-ortho nitro benzene ring substituents is 1. The van der Waals surface area contributed by atoms with Crippen LogP contribution in [0.15, 0.2) is 30.3 Å². The second-order valence-electron chi connectivity index (χ2n) is 7.13. The quantitative estimate of drug-likeness (QED) is 0.307. The summed E-state index contributed by atoms with van der Waals surface area (Å²) in [5.74, 6) is -1.01. The van der Waals surface area contributed by atoms with Crippen molar-refractivity contribution in [3.63, 3.8) is 0 Å². The Morgan fingerprint density at radius 2 is 2.17 bits per heavy atom. The number of rotatable bonds is 8. The molecule has 9 heteroatoms. The van der Waals surface area contributed by atoms with Crippen LogP contribution in [-0.2, 0) is 19.1 Å². The SMILES string of the molecule is CC(C)CCOC(=O)CC1C(=O)NCCN1C(=O)/C=C/c1cccc([N+](=O)[O-])c1. The number of nitrogens with zero attached hydrogens (tertiary/aromatic N) is 2. The van der Waals surface area contributed by atoms with Crippen molar-refractivity contribution in [3.8, 4) is 0 Å². The van der Waals surface area contributed by atoms with Gasteiger partial charge in [0, 0.05) is 31.3 Å². The van der Waals surface area contributed by atoms with Crippen LogP contribution >= 0.6 is 0 Å². The van der Waals surface area contributed by atoms with E-state index in [1.807, 2.05) is 13.8 Å². The number of piperazine rings is 1. The molecule has 1 aliphatic rings. The third-order valence-corrected chi connectivity index (χ3v) is 4.43. The minimum atomic E-state index is -0.947. The fraction of sp³-hybridized carbons (Fsp3) is 0.450. The van der Waals surface area contributed by atoms with Crippen LogP contribution in [0.2, 0.25) is 0 Å². The van der Waals surface area contributed by atoms with Crippen LogP contribution in [0.3, 0.4) is 0 Å². The summed E-state index contributed by atoms with van der Waals surface area (Å²) in [7, 11) is 0. The van der Waals surface area contributed by atoms with Crippen LogP contribution in [-0.4, -0.2) is 53.3 Å². The lowest BCUT2D eigenvalue weighted by Crippen LogP contribution is -2.57. The second-order valence-corrected chi connectivity index (χ2v) is 7.13. The fourth-order valence-electron chi connectivity index (χ4n) is 2.81. The molecule has 156 valence electrons. The third kappa shape index (κ3) is 6.70. The highest BCUT2D eigenvalue weighted by Gasteiger charge is 2.34. The molecule has 0 aromatic heterocycles. The Kier molecular flexibility index (Phi) is 7.88. The van der Waals surface area contributed by atoms with Crippen LogP contribution in [0.25, 0.3) is 6.08 Å². The average molecular weight is 403 g/mol. The van der Waals surface area contributed by atoms with E-state index in [4.69, 9.17) is 4.74 Å². The number of esters is 1. The van der Waals surface area contributed by atoms with E-state index in [0.717, 1.165) is 6.42 Å². The van der Waals surface area contributed by atoms with E-state index >= 15 is 0 Å². The van der Waals surface area contributed by atoms with Gasteiger partial charge in [-0.2, -0.15) is 0 Å². The number of amides is 2. The molecule has 0 radical (unpaired) electrons. The van der Waals surface area contributed by atoms with Crippen molar-refractivity contribution >= 4 is 29.5 Å². The molecule has 1 N–H and O–H groups in total. The lowest BCUT2D eigenvalue weighted by molar-refractivity contribution is -0.384. The highest BCUT2D eigenvalue weighted by molar-refractivity contribution is 5.97. The summed E-state index contributed by atoms with van der Waals surface area (Å²) in [4.78, 5) is 48.5. The topological polar surface area (TPSA) is 119 Å². The maximum atomic E-state index is 12.6. The Morgan fingerprint density at radius 3 is 2.86 bits per heavy atom. The summed E-state index contributed by atoms with van der Waals surface area (Å²) in [5.41, 5.74) is 0.401. The zero-order valence-electron chi connectivity index (χ0n) is 16.5. The number of hydrogen-bond acceptors (Lipinski definition) is 6. The van der Waals surface area contributed by atoms with E-state index in [-0.39, 0.29) is 31.8 Å². The number of carbonyl (C=O) groups excluding carboxylic acids is 3. The first-order chi connectivity index (χ1) is 13.8. The summed E-state index contributed by atoms with van der Waals surface area (Å²) >= 11 is 0. The number of hydrogen-bond donors (Lipinski definition) is 1. The molecule has 2 amide bonds. The Bertz CT molecular complexity index is 805. The number of nitro groups is 1. The van der Waals surface area contributed by atoms with Gasteiger partial charge in [-0.25, -0.2) is 0 Å². The zero-order valence-corrected chi connectivity index (χ0v) is 16.5. The van der Waals surface area contributed by atoms with E-state index < -0.39 is 28.7 Å². The van der Waals surface area contributed by atoms with Crippen molar-refractivity contribution < 1.29 is 24.0 Å². The van der Waals surface area contributed by atoms with Crippen molar-refractivity contribution in [1.82, 2.24) is 10.2 Å². The van der Waals surface area contributed by atoms with E-state index in [0.29, 0.717) is 11.5 Å². The maximum Gasteiger partial charge on any atom is 0.308 e. The van der Waals surface area contributed by atoms with E-state index in [9.17, 15) is 24.5 Å². The van der Waals surface area contributed by atoms with E-state index in [2.05, 4.69) is 5.32 Å². The van der Waals surface area contributed by atoms with Crippen molar-refractivity contribution in [1.29, 1.82) is 0 Å². The molecular weight excluding hydrogens is 378 g/mol. The van der Waals surface area contributed by atoms with Gasteiger partial charge < -0.3 is 15.0 Å². The number of ether oxygens (including phenoxy) is 1. The van der Waals surface area contributed by atoms with Gasteiger partial charge in [0.25, 0.3) is 5.69 Å². The molecule has 1 aromatic rings. The maximum absolute atomic E-state index is 12.6. The molecule has 29 heavy (non-hydrogen) atoms. The molecule has 1 atom stereocenters. The van der Waals surface area contributed by atoms with Gasteiger partial charge in [-0.1, -0.05) is 26.0 Å². The summed E-state index contributed by atoms with van der Waals surface area (Å²) in [6.07, 6.45) is 3.19. The van der Waals surface area contributed by atoms with E-state index in [1.165, 1.54) is 35.3 Å². The minimum absolute atomic E-state index is 0.0843. The van der Waals surface area contributed by atoms with Gasteiger partial charge in [0.1, 0.15) is 6.04 Å². The summed E-state index contributed by atoms with van der Waals surface area (Å²) < 4.78 is 5.16. The number of nitrogens with one attached hydrogen (secondary N) is 1. The molecule has 1 aliphatic heterocycles. The van der Waals surface area contributed by atoms with Gasteiger partial charge in [-0.15, -0.1) is 0 Å². The van der Waals surface area contributed by atoms with Crippen molar-refractivity contribution in [2.75, 3.05) is 19.7 Å². The summed E-state index contributed by atoms with van der Waals surface area (Å²) in [6.45, 7) is 4.83. The molecule has 1 heterocycles. The highest BCUT2D eigenvalue weighted by atomic mass is 16.6. The minimum Gasteiger partial charge on any atom is -0.466 e. The van der Waals surface area contributed by atoms with Crippen LogP contribution < -0.4 is 5.32 Å². The summed E-state index contributed by atoms with van der Waals surface area (Å²) in [5, 5.41) is 13.5. The van der Waals surface area contributed by atoms with Crippen LogP contribution in [0.4, 0.5) is 5.69 Å². The van der Waals surface area contributed by atoms with Crippen LogP contribution in [0.5, 0.6) is 0 Å². The molecule has 1 aromatic carbocycles. The zero-order chi connectivity index (χ0) is 21.4. The van der Waals surface area contributed by atoms with Gasteiger partial charge in [0.2, 0.25) is 11.8 Å².